The molecule has 122 valence electrons. The molecular weight excluding hydrogens is 439 g/mol. The minimum Gasteiger partial charge on any atom is -0.488 e. The van der Waals surface area contributed by atoms with Gasteiger partial charge in [-0.2, -0.15) is 0 Å². The van der Waals surface area contributed by atoms with Gasteiger partial charge in [0.15, 0.2) is 6.61 Å². The maximum atomic E-state index is 11.4. The molecule has 2 rings (SSSR count). The van der Waals surface area contributed by atoms with Gasteiger partial charge in [0, 0.05) is 11.1 Å². The minimum atomic E-state index is -0.467. The summed E-state index contributed by atoms with van der Waals surface area (Å²) in [5.74, 6) is 2.55. The lowest BCUT2D eigenvalue weighted by Gasteiger charge is -2.09. The molecule has 0 radical (unpaired) electrons. The van der Waals surface area contributed by atoms with Crippen LogP contribution in [0.25, 0.3) is 6.08 Å². The molecule has 24 heavy (non-hydrogen) atoms. The second kappa shape index (κ2) is 9.36. The number of carbonyl (C=O) groups is 1. The molecule has 0 aliphatic rings. The van der Waals surface area contributed by atoms with Gasteiger partial charge in [-0.15, -0.1) is 6.42 Å². The van der Waals surface area contributed by atoms with Crippen molar-refractivity contribution >= 4 is 46.2 Å². The number of ether oxygens (including phenoxy) is 2. The van der Waals surface area contributed by atoms with Crippen LogP contribution in [0.3, 0.4) is 0 Å². The van der Waals surface area contributed by atoms with Gasteiger partial charge in [0.2, 0.25) is 0 Å². The van der Waals surface area contributed by atoms with E-state index in [0.29, 0.717) is 11.6 Å². The van der Waals surface area contributed by atoms with E-state index in [-0.39, 0.29) is 6.61 Å². The summed E-state index contributed by atoms with van der Waals surface area (Å²) in [5.41, 5.74) is 1.91. The summed E-state index contributed by atoms with van der Waals surface area (Å²) >= 11 is 8.05. The molecule has 0 heterocycles. The molecule has 0 N–H and O–H groups in total. The van der Waals surface area contributed by atoms with E-state index in [1.807, 2.05) is 42.5 Å². The lowest BCUT2D eigenvalue weighted by Crippen LogP contribution is -2.00. The highest BCUT2D eigenvalue weighted by Gasteiger charge is 2.03. The Morgan fingerprint density at radius 3 is 2.67 bits per heavy atom. The summed E-state index contributed by atoms with van der Waals surface area (Å²) in [7, 11) is 0. The monoisotopic (exact) mass is 452 g/mol. The molecule has 0 atom stereocenters. The number of benzene rings is 2. The first-order chi connectivity index (χ1) is 11.6. The van der Waals surface area contributed by atoms with Crippen LogP contribution < -0.4 is 4.74 Å². The van der Waals surface area contributed by atoms with E-state index in [1.54, 1.807) is 6.08 Å². The molecular formula is C19H14ClIO3. The summed E-state index contributed by atoms with van der Waals surface area (Å²) in [5, 5.41) is 0.699. The molecule has 0 saturated carbocycles. The zero-order valence-corrected chi connectivity index (χ0v) is 15.6. The van der Waals surface area contributed by atoms with Gasteiger partial charge in [0.05, 0.1) is 3.57 Å². The first-order valence-electron chi connectivity index (χ1n) is 7.03. The second-order valence-corrected chi connectivity index (χ2v) is 6.35. The smallest absolute Gasteiger partial charge is 0.331 e. The van der Waals surface area contributed by atoms with Crippen LogP contribution in [0.15, 0.2) is 48.5 Å². The number of halogens is 2. The Labute approximate surface area is 159 Å². The predicted molar refractivity (Wildman–Crippen MR) is 104 cm³/mol. The molecule has 0 bridgehead atoms. The van der Waals surface area contributed by atoms with Crippen molar-refractivity contribution in [3.05, 3.63) is 68.3 Å². The standard InChI is InChI=1S/C19H14ClIO3/c1-2-11-23-19(22)10-6-14-5-9-18(17(21)12-14)24-13-15-3-7-16(20)8-4-15/h1,3-10,12H,11,13H2/b10-6+. The van der Waals surface area contributed by atoms with Crippen molar-refractivity contribution in [2.45, 2.75) is 6.61 Å². The number of hydrogen-bond donors (Lipinski definition) is 0. The quantitative estimate of drug-likeness (QED) is 0.276. The Morgan fingerprint density at radius 2 is 2.00 bits per heavy atom. The predicted octanol–water partition coefficient (Wildman–Crippen LogP) is 4.71. The van der Waals surface area contributed by atoms with Crippen LogP contribution in [0.4, 0.5) is 0 Å². The number of carbonyl (C=O) groups excluding carboxylic acids is 1. The fourth-order valence-corrected chi connectivity index (χ4v) is 2.63. The Balaban J connectivity index is 1.96. The van der Waals surface area contributed by atoms with Crippen LogP contribution in [0.1, 0.15) is 11.1 Å². The van der Waals surface area contributed by atoms with Gasteiger partial charge in [0.25, 0.3) is 0 Å². The van der Waals surface area contributed by atoms with Crippen LogP contribution in [-0.2, 0) is 16.1 Å². The van der Waals surface area contributed by atoms with Crippen molar-refractivity contribution in [2.24, 2.45) is 0 Å². The zero-order chi connectivity index (χ0) is 17.4. The normalized spacial score (nSPS) is 10.4. The Kier molecular flexibility index (Phi) is 7.16. The zero-order valence-electron chi connectivity index (χ0n) is 12.7. The number of hydrogen-bond acceptors (Lipinski definition) is 3. The van der Waals surface area contributed by atoms with Gasteiger partial charge in [-0.3, -0.25) is 0 Å². The lowest BCUT2D eigenvalue weighted by atomic mass is 10.2. The van der Waals surface area contributed by atoms with Gasteiger partial charge >= 0.3 is 5.97 Å². The van der Waals surface area contributed by atoms with Gasteiger partial charge in [-0.25, -0.2) is 4.79 Å². The third-order valence-corrected chi connectivity index (χ3v) is 4.07. The van der Waals surface area contributed by atoms with E-state index in [4.69, 9.17) is 27.5 Å². The number of rotatable bonds is 6. The number of esters is 1. The Bertz CT molecular complexity index is 776. The molecule has 5 heteroatoms. The number of terminal acetylenes is 1. The largest absolute Gasteiger partial charge is 0.488 e. The fraction of sp³-hybridized carbons (Fsp3) is 0.105. The van der Waals surface area contributed by atoms with Crippen LogP contribution >= 0.6 is 34.2 Å². The van der Waals surface area contributed by atoms with Crippen LogP contribution in [0, 0.1) is 15.9 Å². The molecule has 0 unspecified atom stereocenters. The molecule has 3 nitrogen and oxygen atoms in total. The lowest BCUT2D eigenvalue weighted by molar-refractivity contribution is -0.136. The second-order valence-electron chi connectivity index (χ2n) is 4.75. The van der Waals surface area contributed by atoms with Crippen molar-refractivity contribution in [2.75, 3.05) is 6.61 Å². The molecule has 0 fully saturated rings. The first-order valence-corrected chi connectivity index (χ1v) is 8.49. The van der Waals surface area contributed by atoms with E-state index < -0.39 is 5.97 Å². The van der Waals surface area contributed by atoms with Crippen molar-refractivity contribution < 1.29 is 14.3 Å². The third kappa shape index (κ3) is 5.91. The van der Waals surface area contributed by atoms with Crippen LogP contribution in [0.5, 0.6) is 5.75 Å². The Morgan fingerprint density at radius 1 is 1.25 bits per heavy atom. The minimum absolute atomic E-state index is 0.0296. The van der Waals surface area contributed by atoms with E-state index in [2.05, 4.69) is 28.5 Å². The molecule has 0 aliphatic carbocycles. The van der Waals surface area contributed by atoms with Crippen molar-refractivity contribution in [1.29, 1.82) is 0 Å². The molecule has 0 spiro atoms. The topological polar surface area (TPSA) is 35.5 Å². The average Bonchev–Trinajstić information content (AvgIpc) is 2.58. The molecule has 2 aromatic carbocycles. The summed E-state index contributed by atoms with van der Waals surface area (Å²) in [6.07, 6.45) is 8.04. The Hall–Kier alpha value is -1.97. The molecule has 0 amide bonds. The van der Waals surface area contributed by atoms with E-state index >= 15 is 0 Å². The van der Waals surface area contributed by atoms with Crippen LogP contribution in [-0.4, -0.2) is 12.6 Å². The summed E-state index contributed by atoms with van der Waals surface area (Å²) in [4.78, 5) is 11.4. The highest BCUT2D eigenvalue weighted by molar-refractivity contribution is 14.1. The fourth-order valence-electron chi connectivity index (χ4n) is 1.80. The van der Waals surface area contributed by atoms with E-state index in [1.165, 1.54) is 6.08 Å². The third-order valence-electron chi connectivity index (χ3n) is 2.97. The van der Waals surface area contributed by atoms with Crippen molar-refractivity contribution in [3.63, 3.8) is 0 Å². The van der Waals surface area contributed by atoms with Gasteiger partial charge in [0.1, 0.15) is 12.4 Å². The highest BCUT2D eigenvalue weighted by atomic mass is 127. The van der Waals surface area contributed by atoms with E-state index in [9.17, 15) is 4.79 Å². The molecule has 2 aromatic rings. The van der Waals surface area contributed by atoms with E-state index in [0.717, 1.165) is 20.4 Å². The molecule has 0 aliphatic heterocycles. The van der Waals surface area contributed by atoms with Crippen molar-refractivity contribution in [1.82, 2.24) is 0 Å². The summed E-state index contributed by atoms with van der Waals surface area (Å²) < 4.78 is 11.5. The maximum absolute atomic E-state index is 11.4. The van der Waals surface area contributed by atoms with Gasteiger partial charge < -0.3 is 9.47 Å². The maximum Gasteiger partial charge on any atom is 0.331 e. The molecule has 0 saturated heterocycles. The van der Waals surface area contributed by atoms with Crippen molar-refractivity contribution in [3.8, 4) is 18.1 Å². The van der Waals surface area contributed by atoms with Gasteiger partial charge in [-0.05, 0) is 64.1 Å². The summed E-state index contributed by atoms with van der Waals surface area (Å²) in [6, 6.07) is 13.2. The average molecular weight is 453 g/mol. The highest BCUT2D eigenvalue weighted by Crippen LogP contribution is 2.24. The first kappa shape index (κ1) is 18.4. The van der Waals surface area contributed by atoms with Gasteiger partial charge in [-0.1, -0.05) is 35.7 Å². The SMILES string of the molecule is C#CCOC(=O)/C=C/c1ccc(OCc2ccc(Cl)cc2)c(I)c1. The molecule has 0 aromatic heterocycles. The van der Waals surface area contributed by atoms with Crippen LogP contribution in [0.2, 0.25) is 5.02 Å². The summed E-state index contributed by atoms with van der Waals surface area (Å²) in [6.45, 7) is 0.430.